The van der Waals surface area contributed by atoms with Crippen LogP contribution in [0.4, 0.5) is 13.2 Å². The van der Waals surface area contributed by atoms with Crippen molar-refractivity contribution in [3.8, 4) is 17.6 Å². The Morgan fingerprint density at radius 3 is 1.57 bits per heavy atom. The number of hydrogen-bond donors (Lipinski definition) is 4. The van der Waals surface area contributed by atoms with E-state index >= 15 is 0 Å². The van der Waals surface area contributed by atoms with Crippen molar-refractivity contribution in [1.82, 2.24) is 20.4 Å². The van der Waals surface area contributed by atoms with Crippen LogP contribution in [0.1, 0.15) is 83.0 Å². The summed E-state index contributed by atoms with van der Waals surface area (Å²) in [5, 5.41) is 25.5. The van der Waals surface area contributed by atoms with E-state index in [1.54, 1.807) is 57.4 Å². The number of methoxy groups -OCH3 is 3. The number of oxime groups is 2. The van der Waals surface area contributed by atoms with E-state index in [4.69, 9.17) is 63.9 Å². The van der Waals surface area contributed by atoms with Crippen molar-refractivity contribution in [1.29, 1.82) is 0 Å². The van der Waals surface area contributed by atoms with Crippen molar-refractivity contribution in [3.63, 3.8) is 0 Å². The monoisotopic (exact) mass is 1540 g/mol. The Kier molecular flexibility index (Phi) is 34.7. The van der Waals surface area contributed by atoms with Crippen LogP contribution >= 0.6 is 63.7 Å². The Morgan fingerprint density at radius 2 is 1.12 bits per heavy atom. The number of hydroxylamine groups is 1. The Labute approximate surface area is 627 Å². The van der Waals surface area contributed by atoms with Crippen LogP contribution < -0.4 is 139 Å². The second-order valence-corrected chi connectivity index (χ2v) is 20.1. The molecule has 0 saturated heterocycles. The summed E-state index contributed by atoms with van der Waals surface area (Å²) in [7, 11) is 4.51. The maximum absolute atomic E-state index is 13.5. The van der Waals surface area contributed by atoms with Gasteiger partial charge in [0.15, 0.2) is 35.6 Å². The minimum atomic E-state index is -0.443. The molecule has 7 heterocycles. The van der Waals surface area contributed by atoms with Crippen molar-refractivity contribution in [2.75, 3.05) is 39.9 Å². The topological polar surface area (TPSA) is 329 Å². The number of furan rings is 3. The molecule has 1 atom stereocenters. The first-order valence-electron chi connectivity index (χ1n) is 24.1. The number of Topliss-reactive ketones (excluding diaryl/α,β-unsaturated/α-hetero) is 2. The molecule has 6 N–H and O–H groups in total. The minimum Gasteiger partial charge on any atom is -1.00 e. The number of ether oxygens (including phenoxy) is 3. The van der Waals surface area contributed by atoms with E-state index < -0.39 is 18.2 Å². The van der Waals surface area contributed by atoms with E-state index in [1.807, 2.05) is 13.0 Å². The maximum atomic E-state index is 13.5. The number of nitrogens with one attached hydrogen (secondary N) is 1. The van der Waals surface area contributed by atoms with Crippen LogP contribution in [0.5, 0.6) is 17.6 Å². The van der Waals surface area contributed by atoms with Gasteiger partial charge in [-0.05, 0) is 160 Å². The van der Waals surface area contributed by atoms with Gasteiger partial charge in [0, 0.05) is 32.8 Å². The van der Waals surface area contributed by atoms with E-state index in [9.17, 15) is 22.8 Å². The Hall–Kier alpha value is -5.15. The van der Waals surface area contributed by atoms with Crippen LogP contribution in [0.15, 0.2) is 133 Å². The summed E-state index contributed by atoms with van der Waals surface area (Å²) < 4.78 is 74.0. The molecule has 1 aliphatic rings. The second kappa shape index (κ2) is 38.6. The number of aliphatic imine (C=N–C) groups is 1. The average Bonchev–Trinajstić information content (AvgIpc) is 2.25. The third-order valence-corrected chi connectivity index (χ3v) is 14.0. The molecule has 0 bridgehead atoms. The number of benzene rings is 3. The smallest absolute Gasteiger partial charge is 1.00 e. The van der Waals surface area contributed by atoms with Crippen LogP contribution in [0.2, 0.25) is 0 Å². The zero-order valence-corrected chi connectivity index (χ0v) is 59.8. The molecule has 0 fully saturated rings. The fourth-order valence-corrected chi connectivity index (χ4v) is 9.01. The summed E-state index contributed by atoms with van der Waals surface area (Å²) in [5.74, 6) is 1.01. The summed E-state index contributed by atoms with van der Waals surface area (Å²) in [4.78, 5) is 62.7. The largest absolute Gasteiger partial charge is 1.00 e. The zero-order valence-electron chi connectivity index (χ0n) is 48.2. The van der Waals surface area contributed by atoms with E-state index in [0.717, 1.165) is 15.4 Å². The number of nitrogens with two attached hydrogens (primary N) is 2. The first-order valence-corrected chi connectivity index (χ1v) is 27.6. The van der Waals surface area contributed by atoms with Crippen molar-refractivity contribution in [2.45, 2.75) is 41.7 Å². The fraction of sp³-hybridized carbons (Fsp3) is 0.211. The summed E-state index contributed by atoms with van der Waals surface area (Å²) in [6.07, 6.45) is 0. The third kappa shape index (κ3) is 21.2. The molecular weight excluding hydrogens is 1490 g/mol. The number of hydrogen-bond acceptors (Lipinski definition) is 21. The first-order chi connectivity index (χ1) is 40.7. The SMILES string of the molecule is C.C.COc1nc(/C(N)=N/O)ccc1Br.COc1nc(/C(N)=N/OCC(=O)c2oc3ccc(F)cc3c2C)ccc1Br.COc1nc(C2=NC(c3oc4ccc(F)cc4c3C)CON2)ccc1Br.Cc1c(C(=O)CBr)oc2ccc(F)cc12.O=CO[O-].[H-].[K+].[K+]. The van der Waals surface area contributed by atoms with Crippen LogP contribution in [0.25, 0.3) is 32.9 Å². The molecule has 32 heteroatoms. The molecule has 89 heavy (non-hydrogen) atoms. The Balaban J connectivity index is 0.000000599. The summed E-state index contributed by atoms with van der Waals surface area (Å²) >= 11 is 13.0. The molecule has 9 aromatic rings. The number of amidine groups is 3. The summed E-state index contributed by atoms with van der Waals surface area (Å²) in [6.45, 7) is 5.03. The van der Waals surface area contributed by atoms with E-state index in [0.29, 0.717) is 106 Å². The molecule has 3 aromatic carbocycles. The van der Waals surface area contributed by atoms with E-state index in [2.05, 4.69) is 104 Å². The number of carbonyl (C=O) groups is 3. The standard InChI is InChI=1S/C18H15BrFN3O4.C18H15BrFN3O3.C11H8BrFO2.C7H8BrN3O2.CH2O3.2CH4.2K.H/c1-9-11-7-10(20)3-6-15(11)27-16(9)14(24)8-26-23-17(21)13-5-4-12(19)18(22-13)25-2;1-9-11-7-10(20)3-6-15(11)26-16(9)14-8-25-23-17(21-14)13-5-4-12(19)18(22-13)24-2;1-6-8-4-7(13)2-3-10(8)15-11(6)9(14)5-12;1-13-7-4(8)2-3-5(10-7)6(9)11-12;2-1-4-3;;;;;/h3-7H,8H2,1-2H3,(H2,21,23);3-7,14H,8H2,1-2H3,(H,21,23);2-4H,5H2,1H3;2-3,12H,1H3,(H2,9,11);1,3H;2*1H4;;;/q;;;;;;;2*+1;-1/p-1. The molecule has 10 rings (SSSR count). The van der Waals surface area contributed by atoms with Crippen LogP contribution in [0.3, 0.4) is 0 Å². The number of pyridine rings is 3. The van der Waals surface area contributed by atoms with Crippen molar-refractivity contribution in [3.05, 3.63) is 173 Å². The Morgan fingerprint density at radius 1 is 0.697 bits per heavy atom. The molecule has 0 amide bonds. The number of carbonyl (C=O) groups excluding carboxylic acids is 3. The van der Waals surface area contributed by atoms with Crippen LogP contribution in [-0.2, 0) is 19.4 Å². The van der Waals surface area contributed by atoms with E-state index in [1.165, 1.54) is 62.8 Å². The molecule has 23 nitrogen and oxygen atoms in total. The first kappa shape index (κ1) is 79.9. The van der Waals surface area contributed by atoms with Gasteiger partial charge in [-0.1, -0.05) is 41.1 Å². The average molecular weight is 1550 g/mol. The fourth-order valence-electron chi connectivity index (χ4n) is 7.61. The van der Waals surface area contributed by atoms with Crippen LogP contribution in [-0.4, -0.2) is 95.6 Å². The number of aryl methyl sites for hydroxylation is 3. The normalized spacial score (nSPS) is 12.2. The van der Waals surface area contributed by atoms with Gasteiger partial charge in [0.2, 0.25) is 29.2 Å². The third-order valence-electron chi connectivity index (χ3n) is 11.7. The summed E-state index contributed by atoms with van der Waals surface area (Å²) in [5.41, 5.74) is 18.9. The van der Waals surface area contributed by atoms with Gasteiger partial charge in [-0.3, -0.25) is 24.2 Å². The Bertz CT molecular complexity index is 4000. The minimum absolute atomic E-state index is 0. The van der Waals surface area contributed by atoms with Gasteiger partial charge in [-0.2, -0.15) is 0 Å². The van der Waals surface area contributed by atoms with Crippen LogP contribution in [0, 0.1) is 38.2 Å². The van der Waals surface area contributed by atoms with Crippen molar-refractivity contribution >= 4 is 132 Å². The van der Waals surface area contributed by atoms with Gasteiger partial charge in [0.05, 0.1) is 40.1 Å². The van der Waals surface area contributed by atoms with Gasteiger partial charge in [0.1, 0.15) is 69.7 Å². The maximum Gasteiger partial charge on any atom is 1.00 e. The second-order valence-electron chi connectivity index (χ2n) is 17.0. The molecule has 6 aromatic heterocycles. The molecule has 0 aliphatic carbocycles. The predicted molar refractivity (Wildman–Crippen MR) is 330 cm³/mol. The number of nitrogens with zero attached hydrogens (tertiary/aromatic N) is 6. The van der Waals surface area contributed by atoms with Gasteiger partial charge in [0.25, 0.3) is 6.47 Å². The molecule has 1 aliphatic heterocycles. The number of aromatic nitrogens is 3. The molecule has 0 saturated carbocycles. The van der Waals surface area contributed by atoms with Gasteiger partial charge >= 0.3 is 103 Å². The predicted octanol–water partition coefficient (Wildman–Crippen LogP) is 5.87. The van der Waals surface area contributed by atoms with Gasteiger partial charge in [-0.15, -0.1) is 0 Å². The molecule has 0 radical (unpaired) electrons. The van der Waals surface area contributed by atoms with Gasteiger partial charge < -0.3 is 60.5 Å². The van der Waals surface area contributed by atoms with Gasteiger partial charge in [-0.25, -0.2) is 33.6 Å². The van der Waals surface area contributed by atoms with Crippen molar-refractivity contribution in [2.24, 2.45) is 26.8 Å². The zero-order chi connectivity index (χ0) is 62.1. The van der Waals surface area contributed by atoms with Crippen molar-refractivity contribution < 1.29 is 184 Å². The number of fused-ring (bicyclic) bond motifs is 3. The number of halogens is 7. The molecule has 464 valence electrons. The van der Waals surface area contributed by atoms with E-state index in [-0.39, 0.29) is 172 Å². The quantitative estimate of drug-likeness (QED) is 0.0114. The molecule has 1 unspecified atom stereocenters. The molecular formula is C57H56Br4F3K2N9O14. The molecule has 0 spiro atoms. The number of alkyl halides is 1. The summed E-state index contributed by atoms with van der Waals surface area (Å²) in [6, 6.07) is 22.6. The number of rotatable bonds is 14. The number of ketones is 2.